The van der Waals surface area contributed by atoms with Crippen LogP contribution >= 0.6 is 0 Å². The van der Waals surface area contributed by atoms with Gasteiger partial charge in [0.15, 0.2) is 0 Å². The van der Waals surface area contributed by atoms with Crippen LogP contribution in [0.3, 0.4) is 0 Å². The topological polar surface area (TPSA) is 37.4 Å². The average Bonchev–Trinajstić information content (AvgIpc) is 2.26. The molecule has 1 aliphatic rings. The van der Waals surface area contributed by atoms with Gasteiger partial charge in [0.2, 0.25) is 10.0 Å². The Hall–Kier alpha value is -0.370. The lowest BCUT2D eigenvalue weighted by Crippen LogP contribution is -2.42. The summed E-state index contributed by atoms with van der Waals surface area (Å²) in [6.45, 7) is 0.674. The Labute approximate surface area is 104 Å². The number of sulfonamides is 1. The van der Waals surface area contributed by atoms with E-state index >= 15 is 0 Å². The summed E-state index contributed by atoms with van der Waals surface area (Å²) in [4.78, 5) is 0. The molecule has 3 nitrogen and oxygen atoms in total. The van der Waals surface area contributed by atoms with Gasteiger partial charge in [0, 0.05) is 26.4 Å². The smallest absolute Gasteiger partial charge is 0.212 e. The third-order valence-corrected chi connectivity index (χ3v) is 4.90. The molecule has 0 radical (unpaired) electrons. The van der Waals surface area contributed by atoms with Gasteiger partial charge in [-0.2, -0.15) is 8.78 Å². The number of piperidine rings is 1. The summed E-state index contributed by atoms with van der Waals surface area (Å²) in [7, 11) is -3.86. The van der Waals surface area contributed by atoms with Gasteiger partial charge in [0.25, 0.3) is 0 Å². The van der Waals surface area contributed by atoms with Crippen molar-refractivity contribution in [2.75, 3.05) is 18.8 Å². The number of rotatable bonds is 5. The number of nitrogens with zero attached hydrogens (tertiary/aromatic N) is 1. The maximum Gasteiger partial charge on any atom is 0.310 e. The Kier molecular flexibility index (Phi) is 4.64. The Morgan fingerprint density at radius 1 is 1.06 bits per heavy atom. The van der Waals surface area contributed by atoms with Crippen LogP contribution in [0.2, 0.25) is 0 Å². The van der Waals surface area contributed by atoms with Crippen LogP contribution < -0.4 is 0 Å². The molecule has 0 saturated carbocycles. The summed E-state index contributed by atoms with van der Waals surface area (Å²) in [5.74, 6) is -9.44. The van der Waals surface area contributed by atoms with Crippen LogP contribution in [0.15, 0.2) is 0 Å². The van der Waals surface area contributed by atoms with E-state index in [-0.39, 0.29) is 20.0 Å². The maximum atomic E-state index is 13.0. The number of alkyl halides is 4. The van der Waals surface area contributed by atoms with E-state index in [1.807, 2.05) is 0 Å². The molecule has 0 aromatic carbocycles. The maximum absolute atomic E-state index is 13.0. The molecule has 0 bridgehead atoms. The largest absolute Gasteiger partial charge is 0.310 e. The van der Waals surface area contributed by atoms with Crippen LogP contribution in [0.5, 0.6) is 0 Å². The van der Waals surface area contributed by atoms with E-state index in [1.54, 1.807) is 0 Å². The van der Waals surface area contributed by atoms with Crippen molar-refractivity contribution in [2.45, 2.75) is 44.5 Å². The molecule has 0 aromatic heterocycles. The molecule has 0 aromatic rings. The van der Waals surface area contributed by atoms with Crippen molar-refractivity contribution < 1.29 is 26.0 Å². The fourth-order valence-electron chi connectivity index (χ4n) is 1.75. The number of halogens is 4. The summed E-state index contributed by atoms with van der Waals surface area (Å²) >= 11 is 0. The van der Waals surface area contributed by atoms with Crippen molar-refractivity contribution in [3.8, 4) is 0 Å². The first-order valence-corrected chi connectivity index (χ1v) is 7.41. The molecule has 0 atom stereocenters. The second-order valence-electron chi connectivity index (χ2n) is 4.62. The third kappa shape index (κ3) is 3.81. The van der Waals surface area contributed by atoms with Gasteiger partial charge in [0.1, 0.15) is 0 Å². The first-order chi connectivity index (χ1) is 8.06. The van der Waals surface area contributed by atoms with E-state index in [0.29, 0.717) is 12.8 Å². The zero-order chi connectivity index (χ0) is 14.0. The van der Waals surface area contributed by atoms with E-state index in [4.69, 9.17) is 0 Å². The summed E-state index contributed by atoms with van der Waals surface area (Å²) in [5.41, 5.74) is 0. The van der Waals surface area contributed by atoms with Gasteiger partial charge in [-0.25, -0.2) is 21.5 Å². The van der Waals surface area contributed by atoms with E-state index < -0.39 is 34.0 Å². The van der Waals surface area contributed by atoms with Gasteiger partial charge in [-0.3, -0.25) is 0 Å². The van der Waals surface area contributed by atoms with Gasteiger partial charge in [0.05, 0.1) is 5.75 Å². The quantitative estimate of drug-likeness (QED) is 0.730. The molecule has 1 fully saturated rings. The lowest BCUT2D eigenvalue weighted by molar-refractivity contribution is -0.198. The highest BCUT2D eigenvalue weighted by Crippen LogP contribution is 2.36. The normalized spacial score (nSPS) is 20.1. The lowest BCUT2D eigenvalue weighted by Gasteiger charge is -2.28. The second-order valence-corrected chi connectivity index (χ2v) is 6.71. The summed E-state index contributed by atoms with van der Waals surface area (Å²) in [6, 6.07) is 0. The molecule has 0 unspecified atom stereocenters. The van der Waals surface area contributed by atoms with Crippen molar-refractivity contribution in [1.29, 1.82) is 0 Å². The Morgan fingerprint density at radius 3 is 2.00 bits per heavy atom. The van der Waals surface area contributed by atoms with Crippen LogP contribution in [0, 0.1) is 0 Å². The van der Waals surface area contributed by atoms with Crippen molar-refractivity contribution >= 4 is 10.0 Å². The summed E-state index contributed by atoms with van der Waals surface area (Å²) < 4.78 is 75.6. The second kappa shape index (κ2) is 5.32. The molecule has 1 rings (SSSR count). The van der Waals surface area contributed by atoms with E-state index in [0.717, 1.165) is 10.7 Å². The predicted octanol–water partition coefficient (Wildman–Crippen LogP) is 2.48. The predicted molar refractivity (Wildman–Crippen MR) is 59.4 cm³/mol. The minimum Gasteiger partial charge on any atom is -0.212 e. The van der Waals surface area contributed by atoms with Crippen molar-refractivity contribution in [3.63, 3.8) is 0 Å². The minimum absolute atomic E-state index is 0.0977. The SMILES string of the molecule is CC(F)(F)C(F)(F)CCS(=O)(=O)N1CCCCC1. The molecule has 0 spiro atoms. The van der Waals surface area contributed by atoms with E-state index in [1.165, 1.54) is 0 Å². The molecule has 18 heavy (non-hydrogen) atoms. The lowest BCUT2D eigenvalue weighted by atomic mass is 10.1. The van der Waals surface area contributed by atoms with Crippen molar-refractivity contribution in [1.82, 2.24) is 4.31 Å². The fraction of sp³-hybridized carbons (Fsp3) is 1.00. The number of hydrogen-bond acceptors (Lipinski definition) is 2. The van der Waals surface area contributed by atoms with Crippen LogP contribution in [-0.4, -0.2) is 43.4 Å². The average molecular weight is 291 g/mol. The Morgan fingerprint density at radius 2 is 1.56 bits per heavy atom. The molecule has 1 aliphatic heterocycles. The summed E-state index contributed by atoms with van der Waals surface area (Å²) in [5, 5.41) is 0. The Bertz CT molecular complexity index is 372. The highest BCUT2D eigenvalue weighted by Gasteiger charge is 2.52. The molecule has 0 N–H and O–H groups in total. The van der Waals surface area contributed by atoms with Crippen LogP contribution in [0.1, 0.15) is 32.6 Å². The van der Waals surface area contributed by atoms with Crippen molar-refractivity contribution in [3.05, 3.63) is 0 Å². The van der Waals surface area contributed by atoms with E-state index in [2.05, 4.69) is 0 Å². The first kappa shape index (κ1) is 15.7. The van der Waals surface area contributed by atoms with Gasteiger partial charge >= 0.3 is 11.8 Å². The van der Waals surface area contributed by atoms with Gasteiger partial charge in [-0.15, -0.1) is 0 Å². The molecule has 8 heteroatoms. The first-order valence-electron chi connectivity index (χ1n) is 5.80. The molecule has 0 amide bonds. The van der Waals surface area contributed by atoms with Gasteiger partial charge in [-0.1, -0.05) is 6.42 Å². The highest BCUT2D eigenvalue weighted by molar-refractivity contribution is 7.89. The van der Waals surface area contributed by atoms with E-state index in [9.17, 15) is 26.0 Å². The van der Waals surface area contributed by atoms with Crippen LogP contribution in [0.25, 0.3) is 0 Å². The molecule has 0 aliphatic carbocycles. The zero-order valence-corrected chi connectivity index (χ0v) is 11.0. The summed E-state index contributed by atoms with van der Waals surface area (Å²) in [6.07, 6.45) is 0.906. The van der Waals surface area contributed by atoms with Gasteiger partial charge < -0.3 is 0 Å². The fourth-order valence-corrected chi connectivity index (χ4v) is 3.34. The molecular formula is C10H17F4NO2S. The monoisotopic (exact) mass is 291 g/mol. The van der Waals surface area contributed by atoms with Crippen LogP contribution in [-0.2, 0) is 10.0 Å². The number of hydrogen-bond donors (Lipinski definition) is 0. The standard InChI is InChI=1S/C10H17F4NO2S/c1-9(11,12)10(13,14)5-8-18(16,17)15-6-3-2-4-7-15/h2-8H2,1H3. The zero-order valence-electron chi connectivity index (χ0n) is 10.1. The highest BCUT2D eigenvalue weighted by atomic mass is 32.2. The molecule has 1 saturated heterocycles. The molecular weight excluding hydrogens is 274 g/mol. The van der Waals surface area contributed by atoms with Crippen LogP contribution in [0.4, 0.5) is 17.6 Å². The molecule has 108 valence electrons. The Balaban J connectivity index is 2.61. The van der Waals surface area contributed by atoms with Gasteiger partial charge in [-0.05, 0) is 12.8 Å². The molecule has 1 heterocycles. The minimum atomic E-state index is -4.30. The third-order valence-electron chi connectivity index (χ3n) is 3.02. The van der Waals surface area contributed by atoms with Crippen molar-refractivity contribution in [2.24, 2.45) is 0 Å².